The Kier molecular flexibility index (Phi) is 5.19. The number of alkyl halides is 3. The molecule has 0 spiro atoms. The second-order valence-corrected chi connectivity index (χ2v) is 6.84. The number of nitrogens with zero attached hydrogens (tertiary/aromatic N) is 3. The van der Waals surface area contributed by atoms with Gasteiger partial charge in [0.2, 0.25) is 5.91 Å². The van der Waals surface area contributed by atoms with E-state index in [9.17, 15) is 18.0 Å². The average Bonchev–Trinajstić information content (AvgIpc) is 3.35. The quantitative estimate of drug-likeness (QED) is 0.603. The second-order valence-electron chi connectivity index (χ2n) is 6.84. The molecule has 1 amide bonds. The van der Waals surface area contributed by atoms with E-state index in [4.69, 9.17) is 9.26 Å². The number of carbonyl (C=O) groups is 1. The Balaban J connectivity index is 1.53. The van der Waals surface area contributed by atoms with Gasteiger partial charge in [-0.05, 0) is 43.3 Å². The van der Waals surface area contributed by atoms with Gasteiger partial charge in [0.05, 0.1) is 17.7 Å². The van der Waals surface area contributed by atoms with Crippen molar-refractivity contribution in [3.8, 4) is 17.2 Å². The van der Waals surface area contributed by atoms with E-state index < -0.39 is 11.7 Å². The minimum Gasteiger partial charge on any atom is -0.493 e. The second kappa shape index (κ2) is 7.81. The van der Waals surface area contributed by atoms with Gasteiger partial charge >= 0.3 is 6.18 Å². The van der Waals surface area contributed by atoms with Crippen LogP contribution in [0.3, 0.4) is 0 Å². The lowest BCUT2D eigenvalue weighted by Gasteiger charge is -2.17. The van der Waals surface area contributed by atoms with Gasteiger partial charge in [-0.2, -0.15) is 18.2 Å². The Morgan fingerprint density at radius 3 is 2.60 bits per heavy atom. The minimum atomic E-state index is -4.42. The van der Waals surface area contributed by atoms with Crippen molar-refractivity contribution in [3.05, 3.63) is 59.9 Å². The molecular formula is C21H18F3N3O3. The van der Waals surface area contributed by atoms with Crippen molar-refractivity contribution in [1.82, 2.24) is 10.1 Å². The van der Waals surface area contributed by atoms with E-state index in [1.807, 2.05) is 19.1 Å². The summed E-state index contributed by atoms with van der Waals surface area (Å²) in [5.74, 6) is 0.745. The Morgan fingerprint density at radius 1 is 1.17 bits per heavy atom. The number of benzene rings is 2. The van der Waals surface area contributed by atoms with Crippen LogP contribution in [0, 0.1) is 0 Å². The summed E-state index contributed by atoms with van der Waals surface area (Å²) in [5.41, 5.74) is 0.299. The lowest BCUT2D eigenvalue weighted by Crippen LogP contribution is -2.24. The summed E-state index contributed by atoms with van der Waals surface area (Å²) in [4.78, 5) is 18.3. The van der Waals surface area contributed by atoms with Gasteiger partial charge in [-0.25, -0.2) is 0 Å². The molecule has 3 aromatic rings. The van der Waals surface area contributed by atoms with Crippen molar-refractivity contribution in [2.45, 2.75) is 25.4 Å². The Labute approximate surface area is 170 Å². The average molecular weight is 417 g/mol. The summed E-state index contributed by atoms with van der Waals surface area (Å²) < 4.78 is 49.2. The first-order chi connectivity index (χ1) is 14.4. The molecule has 9 heteroatoms. The van der Waals surface area contributed by atoms with Crippen molar-refractivity contribution in [3.63, 3.8) is 0 Å². The van der Waals surface area contributed by atoms with Crippen LogP contribution in [0.4, 0.5) is 18.9 Å². The van der Waals surface area contributed by atoms with Crippen LogP contribution in [0.15, 0.2) is 53.1 Å². The third-order valence-electron chi connectivity index (χ3n) is 4.86. The lowest BCUT2D eigenvalue weighted by atomic mass is 10.1. The Morgan fingerprint density at radius 2 is 1.90 bits per heavy atom. The number of anilines is 1. The molecule has 4 rings (SSSR count). The van der Waals surface area contributed by atoms with Gasteiger partial charge in [0.15, 0.2) is 5.82 Å². The number of hydrogen-bond acceptors (Lipinski definition) is 5. The molecule has 1 aromatic heterocycles. The van der Waals surface area contributed by atoms with Crippen LogP contribution in [0.2, 0.25) is 0 Å². The molecule has 1 unspecified atom stereocenters. The number of aromatic nitrogens is 2. The summed E-state index contributed by atoms with van der Waals surface area (Å²) in [7, 11) is 0. The third-order valence-corrected chi connectivity index (χ3v) is 4.86. The molecule has 0 N–H and O–H groups in total. The number of carbonyl (C=O) groups excluding carboxylic acids is 1. The maximum absolute atomic E-state index is 12.8. The first kappa shape index (κ1) is 19.9. The molecule has 2 aromatic carbocycles. The molecule has 2 heterocycles. The zero-order valence-electron chi connectivity index (χ0n) is 16.0. The zero-order valence-corrected chi connectivity index (χ0v) is 16.0. The van der Waals surface area contributed by atoms with Crippen LogP contribution in [-0.4, -0.2) is 29.2 Å². The maximum atomic E-state index is 12.8. The van der Waals surface area contributed by atoms with E-state index >= 15 is 0 Å². The fraction of sp³-hybridized carbons (Fsp3) is 0.286. The summed E-state index contributed by atoms with van der Waals surface area (Å²) in [5, 5.41) is 4.02. The Bertz CT molecular complexity index is 1050. The maximum Gasteiger partial charge on any atom is 0.416 e. The van der Waals surface area contributed by atoms with E-state index in [0.29, 0.717) is 29.4 Å². The van der Waals surface area contributed by atoms with Gasteiger partial charge < -0.3 is 14.2 Å². The van der Waals surface area contributed by atoms with Crippen LogP contribution >= 0.6 is 0 Å². The molecule has 30 heavy (non-hydrogen) atoms. The molecule has 0 radical (unpaired) electrons. The highest BCUT2D eigenvalue weighted by Gasteiger charge is 2.36. The summed E-state index contributed by atoms with van der Waals surface area (Å²) >= 11 is 0. The summed E-state index contributed by atoms with van der Waals surface area (Å²) in [6.07, 6.45) is -4.28. The van der Waals surface area contributed by atoms with Gasteiger partial charge in [-0.15, -0.1) is 0 Å². The normalized spacial score (nSPS) is 16.9. The van der Waals surface area contributed by atoms with E-state index in [1.54, 1.807) is 12.1 Å². The van der Waals surface area contributed by atoms with Crippen LogP contribution in [0.5, 0.6) is 5.75 Å². The fourth-order valence-electron chi connectivity index (χ4n) is 3.40. The van der Waals surface area contributed by atoms with E-state index in [0.717, 1.165) is 12.1 Å². The number of amides is 1. The highest BCUT2D eigenvalue weighted by Crippen LogP contribution is 2.35. The monoisotopic (exact) mass is 417 g/mol. The molecule has 1 aliphatic rings. The molecule has 1 fully saturated rings. The van der Waals surface area contributed by atoms with E-state index in [1.165, 1.54) is 17.0 Å². The molecule has 1 saturated heterocycles. The first-order valence-electron chi connectivity index (χ1n) is 9.40. The predicted molar refractivity (Wildman–Crippen MR) is 102 cm³/mol. The SMILES string of the molecule is CCOc1ccccc1-c1nc(C2CC(=O)N(c3ccc(C(F)(F)F)cc3)C2)no1. The van der Waals surface area contributed by atoms with Crippen LogP contribution in [-0.2, 0) is 11.0 Å². The van der Waals surface area contributed by atoms with Crippen molar-refractivity contribution < 1.29 is 27.2 Å². The minimum absolute atomic E-state index is 0.146. The standard InChI is InChI=1S/C21H18F3N3O3/c1-2-29-17-6-4-3-5-16(17)20-25-19(26-30-20)13-11-18(28)27(12-13)15-9-7-14(8-10-15)21(22,23)24/h3-10,13H,2,11-12H2,1H3. The Hall–Kier alpha value is -3.36. The topological polar surface area (TPSA) is 68.5 Å². The van der Waals surface area contributed by atoms with E-state index in [2.05, 4.69) is 10.1 Å². The molecule has 6 nitrogen and oxygen atoms in total. The molecule has 1 atom stereocenters. The highest BCUT2D eigenvalue weighted by molar-refractivity contribution is 5.96. The van der Waals surface area contributed by atoms with Crippen molar-refractivity contribution in [2.75, 3.05) is 18.1 Å². The highest BCUT2D eigenvalue weighted by atomic mass is 19.4. The summed E-state index contributed by atoms with van der Waals surface area (Å²) in [6.45, 7) is 2.61. The van der Waals surface area contributed by atoms with Gasteiger partial charge in [0.25, 0.3) is 5.89 Å². The van der Waals surface area contributed by atoms with Crippen molar-refractivity contribution in [1.29, 1.82) is 0 Å². The molecule has 1 aliphatic heterocycles. The molecule has 156 valence electrons. The molecule has 0 bridgehead atoms. The number of para-hydroxylation sites is 1. The van der Waals surface area contributed by atoms with Crippen molar-refractivity contribution in [2.24, 2.45) is 0 Å². The third kappa shape index (κ3) is 3.87. The van der Waals surface area contributed by atoms with Gasteiger partial charge in [-0.1, -0.05) is 17.3 Å². The largest absolute Gasteiger partial charge is 0.493 e. The van der Waals surface area contributed by atoms with Gasteiger partial charge in [0.1, 0.15) is 5.75 Å². The predicted octanol–water partition coefficient (Wildman–Crippen LogP) is 4.67. The van der Waals surface area contributed by atoms with Crippen LogP contribution < -0.4 is 9.64 Å². The fourth-order valence-corrected chi connectivity index (χ4v) is 3.40. The molecule has 0 saturated carbocycles. The van der Waals surface area contributed by atoms with Crippen LogP contribution in [0.1, 0.15) is 30.7 Å². The zero-order chi connectivity index (χ0) is 21.3. The molecular weight excluding hydrogens is 399 g/mol. The number of hydrogen-bond donors (Lipinski definition) is 0. The van der Waals surface area contributed by atoms with Gasteiger partial charge in [0, 0.05) is 24.6 Å². The number of ether oxygens (including phenoxy) is 1. The number of halogens is 3. The smallest absolute Gasteiger partial charge is 0.416 e. The van der Waals surface area contributed by atoms with Gasteiger partial charge in [-0.3, -0.25) is 4.79 Å². The number of rotatable bonds is 5. The van der Waals surface area contributed by atoms with E-state index in [-0.39, 0.29) is 30.7 Å². The lowest BCUT2D eigenvalue weighted by molar-refractivity contribution is -0.137. The summed E-state index contributed by atoms with van der Waals surface area (Å²) in [6, 6.07) is 11.8. The first-order valence-corrected chi connectivity index (χ1v) is 9.40. The van der Waals surface area contributed by atoms with Crippen molar-refractivity contribution >= 4 is 11.6 Å². The molecule has 0 aliphatic carbocycles. The van der Waals surface area contributed by atoms with Crippen LogP contribution in [0.25, 0.3) is 11.5 Å².